The SMILES string of the molecule is CC(=O)Nc1sc(C)c(C)c1C(=O)OC(C)C(=O)NC1CCCC(C)C1C. The highest BCUT2D eigenvalue weighted by atomic mass is 32.1. The third-order valence-electron chi connectivity index (χ3n) is 5.57. The van der Waals surface area contributed by atoms with E-state index < -0.39 is 12.1 Å². The molecule has 1 saturated carbocycles. The van der Waals surface area contributed by atoms with Crippen LogP contribution in [-0.4, -0.2) is 29.9 Å². The molecule has 0 saturated heterocycles. The second-order valence-corrected chi connectivity index (χ2v) is 8.82. The van der Waals surface area contributed by atoms with E-state index in [-0.39, 0.29) is 17.9 Å². The largest absolute Gasteiger partial charge is 0.449 e. The molecule has 1 aromatic rings. The number of aryl methyl sites for hydroxylation is 1. The number of hydrogen-bond acceptors (Lipinski definition) is 5. The van der Waals surface area contributed by atoms with E-state index in [1.807, 2.05) is 13.8 Å². The molecular formula is C20H30N2O4S. The second kappa shape index (κ2) is 8.87. The number of amides is 2. The Balaban J connectivity index is 2.05. The first-order valence-electron chi connectivity index (χ1n) is 9.50. The molecule has 0 radical (unpaired) electrons. The maximum Gasteiger partial charge on any atom is 0.342 e. The van der Waals surface area contributed by atoms with Gasteiger partial charge >= 0.3 is 5.97 Å². The third-order valence-corrected chi connectivity index (χ3v) is 6.69. The van der Waals surface area contributed by atoms with Crippen molar-refractivity contribution in [2.45, 2.75) is 73.0 Å². The van der Waals surface area contributed by atoms with Crippen LogP contribution in [0.25, 0.3) is 0 Å². The van der Waals surface area contributed by atoms with Gasteiger partial charge in [-0.15, -0.1) is 11.3 Å². The summed E-state index contributed by atoms with van der Waals surface area (Å²) in [6, 6.07) is 0.113. The first-order valence-corrected chi connectivity index (χ1v) is 10.3. The minimum absolute atomic E-state index is 0.113. The van der Waals surface area contributed by atoms with Crippen LogP contribution in [0.2, 0.25) is 0 Å². The molecule has 2 amide bonds. The molecule has 1 aliphatic carbocycles. The maximum atomic E-state index is 12.7. The highest BCUT2D eigenvalue weighted by Gasteiger charge is 2.31. The molecule has 1 aromatic heterocycles. The summed E-state index contributed by atoms with van der Waals surface area (Å²) in [7, 11) is 0. The predicted octanol–water partition coefficient (Wildman–Crippen LogP) is 3.81. The Kier molecular flexibility index (Phi) is 7.03. The van der Waals surface area contributed by atoms with Crippen molar-refractivity contribution in [2.24, 2.45) is 11.8 Å². The van der Waals surface area contributed by atoms with Crippen LogP contribution in [0.5, 0.6) is 0 Å². The molecule has 1 fully saturated rings. The highest BCUT2D eigenvalue weighted by Crippen LogP contribution is 2.33. The smallest absolute Gasteiger partial charge is 0.342 e. The lowest BCUT2D eigenvalue weighted by Crippen LogP contribution is -2.47. The Hall–Kier alpha value is -1.89. The molecule has 4 atom stereocenters. The van der Waals surface area contributed by atoms with Crippen molar-refractivity contribution in [3.8, 4) is 0 Å². The molecule has 6 nitrogen and oxygen atoms in total. The lowest BCUT2D eigenvalue weighted by atomic mass is 9.78. The zero-order valence-corrected chi connectivity index (χ0v) is 17.8. The van der Waals surface area contributed by atoms with Gasteiger partial charge in [0, 0.05) is 17.8 Å². The van der Waals surface area contributed by atoms with Gasteiger partial charge in [0.05, 0.1) is 5.56 Å². The van der Waals surface area contributed by atoms with Gasteiger partial charge in [0.1, 0.15) is 5.00 Å². The van der Waals surface area contributed by atoms with Crippen LogP contribution in [0.1, 0.15) is 67.8 Å². The summed E-state index contributed by atoms with van der Waals surface area (Å²) in [5.41, 5.74) is 1.09. The van der Waals surface area contributed by atoms with Gasteiger partial charge in [0.15, 0.2) is 6.10 Å². The number of rotatable bonds is 5. The topological polar surface area (TPSA) is 84.5 Å². The molecule has 0 aliphatic heterocycles. The normalized spacial score (nSPS) is 23.4. The van der Waals surface area contributed by atoms with Crippen LogP contribution in [-0.2, 0) is 14.3 Å². The fourth-order valence-corrected chi connectivity index (χ4v) is 4.57. The van der Waals surface area contributed by atoms with E-state index in [1.54, 1.807) is 6.92 Å². The van der Waals surface area contributed by atoms with E-state index in [1.165, 1.54) is 24.7 Å². The average molecular weight is 395 g/mol. The molecule has 0 bridgehead atoms. The van der Waals surface area contributed by atoms with E-state index in [0.717, 1.165) is 23.3 Å². The van der Waals surface area contributed by atoms with Gasteiger partial charge in [-0.2, -0.15) is 0 Å². The van der Waals surface area contributed by atoms with Crippen LogP contribution in [0.15, 0.2) is 0 Å². The first-order chi connectivity index (χ1) is 12.6. The number of carbonyl (C=O) groups excluding carboxylic acids is 3. The van der Waals surface area contributed by atoms with E-state index in [4.69, 9.17) is 4.74 Å². The number of thiophene rings is 1. The minimum Gasteiger partial charge on any atom is -0.449 e. The number of esters is 1. The molecule has 1 aliphatic rings. The molecule has 7 heteroatoms. The van der Waals surface area contributed by atoms with Gasteiger partial charge < -0.3 is 15.4 Å². The summed E-state index contributed by atoms with van der Waals surface area (Å²) < 4.78 is 5.42. The van der Waals surface area contributed by atoms with Gasteiger partial charge in [-0.1, -0.05) is 26.7 Å². The summed E-state index contributed by atoms with van der Waals surface area (Å²) in [6.07, 6.45) is 2.33. The highest BCUT2D eigenvalue weighted by molar-refractivity contribution is 7.16. The Morgan fingerprint density at radius 3 is 2.48 bits per heavy atom. The van der Waals surface area contributed by atoms with E-state index in [0.29, 0.717) is 22.4 Å². The van der Waals surface area contributed by atoms with Crippen LogP contribution >= 0.6 is 11.3 Å². The lowest BCUT2D eigenvalue weighted by Gasteiger charge is -2.35. The van der Waals surface area contributed by atoms with Crippen molar-refractivity contribution < 1.29 is 19.1 Å². The van der Waals surface area contributed by atoms with Crippen molar-refractivity contribution in [3.05, 3.63) is 16.0 Å². The van der Waals surface area contributed by atoms with Crippen LogP contribution < -0.4 is 10.6 Å². The number of carbonyl (C=O) groups is 3. The fraction of sp³-hybridized carbons (Fsp3) is 0.650. The van der Waals surface area contributed by atoms with Gasteiger partial charge in [-0.25, -0.2) is 4.79 Å². The quantitative estimate of drug-likeness (QED) is 0.744. The number of hydrogen-bond donors (Lipinski definition) is 2. The minimum atomic E-state index is -0.897. The van der Waals surface area contributed by atoms with Crippen LogP contribution in [0.3, 0.4) is 0 Å². The zero-order valence-electron chi connectivity index (χ0n) is 17.0. The van der Waals surface area contributed by atoms with Crippen LogP contribution in [0, 0.1) is 25.7 Å². The average Bonchev–Trinajstić information content (AvgIpc) is 2.85. The van der Waals surface area contributed by atoms with Crippen molar-refractivity contribution in [3.63, 3.8) is 0 Å². The number of nitrogens with one attached hydrogen (secondary N) is 2. The summed E-state index contributed by atoms with van der Waals surface area (Å²) in [5.74, 6) is -0.151. The van der Waals surface area contributed by atoms with Gasteiger partial charge in [0.25, 0.3) is 5.91 Å². The molecule has 1 heterocycles. The molecule has 2 N–H and O–H groups in total. The Bertz CT molecular complexity index is 728. The number of anilines is 1. The Morgan fingerprint density at radius 2 is 1.85 bits per heavy atom. The number of ether oxygens (including phenoxy) is 1. The molecule has 2 rings (SSSR count). The predicted molar refractivity (Wildman–Crippen MR) is 107 cm³/mol. The monoisotopic (exact) mass is 394 g/mol. The summed E-state index contributed by atoms with van der Waals surface area (Å²) in [5, 5.41) is 6.17. The molecule has 150 valence electrons. The molecule has 0 aromatic carbocycles. The summed E-state index contributed by atoms with van der Waals surface area (Å²) >= 11 is 1.33. The van der Waals surface area contributed by atoms with Crippen molar-refractivity contribution >= 4 is 34.1 Å². The van der Waals surface area contributed by atoms with E-state index in [2.05, 4.69) is 24.5 Å². The third kappa shape index (κ3) is 5.09. The van der Waals surface area contributed by atoms with Gasteiger partial charge in [-0.05, 0) is 44.6 Å². The molecule has 27 heavy (non-hydrogen) atoms. The summed E-state index contributed by atoms with van der Waals surface area (Å²) in [6.45, 7) is 11.0. The van der Waals surface area contributed by atoms with Crippen molar-refractivity contribution in [1.82, 2.24) is 5.32 Å². The maximum absolute atomic E-state index is 12.7. The fourth-order valence-electron chi connectivity index (χ4n) is 3.48. The first kappa shape index (κ1) is 21.4. The molecular weight excluding hydrogens is 364 g/mol. The summed E-state index contributed by atoms with van der Waals surface area (Å²) in [4.78, 5) is 37.5. The lowest BCUT2D eigenvalue weighted by molar-refractivity contribution is -0.130. The van der Waals surface area contributed by atoms with Gasteiger partial charge in [-0.3, -0.25) is 9.59 Å². The van der Waals surface area contributed by atoms with Gasteiger partial charge in [0.2, 0.25) is 5.91 Å². The molecule has 4 unspecified atom stereocenters. The molecule has 0 spiro atoms. The van der Waals surface area contributed by atoms with E-state index in [9.17, 15) is 14.4 Å². The Labute approximate surface area is 165 Å². The van der Waals surface area contributed by atoms with Crippen LogP contribution in [0.4, 0.5) is 5.00 Å². The van der Waals surface area contributed by atoms with Crippen molar-refractivity contribution in [1.29, 1.82) is 0 Å². The van der Waals surface area contributed by atoms with E-state index >= 15 is 0 Å². The standard InChI is InChI=1S/C20H30N2O4S/c1-10-8-7-9-16(11(10)2)22-18(24)13(4)26-20(25)17-12(3)14(5)27-19(17)21-15(6)23/h10-11,13,16H,7-9H2,1-6H3,(H,21,23)(H,22,24). The second-order valence-electron chi connectivity index (χ2n) is 7.60. The van der Waals surface area contributed by atoms with Crippen molar-refractivity contribution in [2.75, 3.05) is 5.32 Å². The Morgan fingerprint density at radius 1 is 1.19 bits per heavy atom. The zero-order chi connectivity index (χ0) is 20.3.